The average molecular weight is 307 g/mol. The molecule has 0 saturated heterocycles. The van der Waals surface area contributed by atoms with E-state index in [9.17, 15) is 18.0 Å². The van der Waals surface area contributed by atoms with Crippen molar-refractivity contribution in [1.82, 2.24) is 4.72 Å². The SMILES string of the molecule is CC(NS(=O)(=O)c1cc(C(=O)O)ccc1Cl)C(N)=O. The lowest BCUT2D eigenvalue weighted by atomic mass is 10.2. The second kappa shape index (κ2) is 5.55. The predicted molar refractivity (Wildman–Crippen MR) is 67.4 cm³/mol. The molecule has 19 heavy (non-hydrogen) atoms. The molecule has 0 saturated carbocycles. The summed E-state index contributed by atoms with van der Waals surface area (Å²) in [5.41, 5.74) is 4.71. The average Bonchev–Trinajstić information content (AvgIpc) is 2.28. The van der Waals surface area contributed by atoms with Crippen LogP contribution in [0.1, 0.15) is 17.3 Å². The molecule has 104 valence electrons. The summed E-state index contributed by atoms with van der Waals surface area (Å²) in [5, 5.41) is 8.65. The van der Waals surface area contributed by atoms with Crippen molar-refractivity contribution in [2.45, 2.75) is 17.9 Å². The maximum atomic E-state index is 11.9. The lowest BCUT2D eigenvalue weighted by Gasteiger charge is -2.12. The highest BCUT2D eigenvalue weighted by Gasteiger charge is 2.24. The van der Waals surface area contributed by atoms with Crippen molar-refractivity contribution in [1.29, 1.82) is 0 Å². The van der Waals surface area contributed by atoms with Crippen molar-refractivity contribution in [2.75, 3.05) is 0 Å². The van der Waals surface area contributed by atoms with Crippen LogP contribution in [0.15, 0.2) is 23.1 Å². The Morgan fingerprint density at radius 1 is 1.42 bits per heavy atom. The number of rotatable bonds is 5. The van der Waals surface area contributed by atoms with Gasteiger partial charge >= 0.3 is 5.97 Å². The van der Waals surface area contributed by atoms with Crippen LogP contribution in [-0.2, 0) is 14.8 Å². The fraction of sp³-hybridized carbons (Fsp3) is 0.200. The normalized spacial score (nSPS) is 12.9. The molecule has 0 aliphatic carbocycles. The van der Waals surface area contributed by atoms with E-state index in [0.29, 0.717) is 0 Å². The van der Waals surface area contributed by atoms with E-state index in [4.69, 9.17) is 22.4 Å². The zero-order valence-corrected chi connectivity index (χ0v) is 11.3. The molecule has 0 aliphatic rings. The van der Waals surface area contributed by atoms with E-state index in [1.165, 1.54) is 13.0 Å². The van der Waals surface area contributed by atoms with Gasteiger partial charge in [0.1, 0.15) is 4.90 Å². The van der Waals surface area contributed by atoms with E-state index in [2.05, 4.69) is 0 Å². The van der Waals surface area contributed by atoms with Gasteiger partial charge in [-0.3, -0.25) is 4.79 Å². The van der Waals surface area contributed by atoms with Gasteiger partial charge in [-0.25, -0.2) is 13.2 Å². The quantitative estimate of drug-likeness (QED) is 0.715. The number of hydrogen-bond acceptors (Lipinski definition) is 4. The van der Waals surface area contributed by atoms with Crippen LogP contribution in [0, 0.1) is 0 Å². The molecule has 0 aliphatic heterocycles. The van der Waals surface area contributed by atoms with Gasteiger partial charge in [-0.1, -0.05) is 11.6 Å². The number of aromatic carboxylic acids is 1. The summed E-state index contributed by atoms with van der Waals surface area (Å²) in [6.45, 7) is 1.26. The number of carbonyl (C=O) groups excluding carboxylic acids is 1. The van der Waals surface area contributed by atoms with Gasteiger partial charge in [-0.05, 0) is 25.1 Å². The first kappa shape index (κ1) is 15.4. The highest BCUT2D eigenvalue weighted by Crippen LogP contribution is 2.22. The van der Waals surface area contributed by atoms with Gasteiger partial charge in [-0.15, -0.1) is 0 Å². The number of sulfonamides is 1. The van der Waals surface area contributed by atoms with E-state index in [-0.39, 0.29) is 10.6 Å². The molecule has 1 atom stereocenters. The first-order valence-electron chi connectivity index (χ1n) is 4.99. The monoisotopic (exact) mass is 306 g/mol. The highest BCUT2D eigenvalue weighted by atomic mass is 35.5. The van der Waals surface area contributed by atoms with Crippen LogP contribution < -0.4 is 10.5 Å². The molecule has 0 radical (unpaired) electrons. The molecule has 0 aromatic heterocycles. The molecule has 0 spiro atoms. The second-order valence-electron chi connectivity index (χ2n) is 3.70. The minimum Gasteiger partial charge on any atom is -0.478 e. The number of carboxylic acids is 1. The maximum Gasteiger partial charge on any atom is 0.335 e. The molecule has 9 heteroatoms. The Morgan fingerprint density at radius 3 is 2.47 bits per heavy atom. The van der Waals surface area contributed by atoms with Gasteiger partial charge in [0.2, 0.25) is 15.9 Å². The van der Waals surface area contributed by atoms with Crippen molar-refractivity contribution in [3.05, 3.63) is 28.8 Å². The molecule has 0 bridgehead atoms. The van der Waals surface area contributed by atoms with Crippen molar-refractivity contribution < 1.29 is 23.1 Å². The minimum absolute atomic E-state index is 0.158. The van der Waals surface area contributed by atoms with E-state index >= 15 is 0 Å². The third kappa shape index (κ3) is 3.66. The summed E-state index contributed by atoms with van der Waals surface area (Å²) in [7, 11) is -4.14. The number of amides is 1. The second-order valence-corrected chi connectivity index (χ2v) is 5.79. The third-order valence-corrected chi connectivity index (χ3v) is 4.25. The molecular formula is C10H11ClN2O5S. The number of hydrogen-bond donors (Lipinski definition) is 3. The molecule has 1 unspecified atom stereocenters. The van der Waals surface area contributed by atoms with Crippen molar-refractivity contribution in [3.8, 4) is 0 Å². The number of primary amides is 1. The standard InChI is InChI=1S/C10H11ClN2O5S/c1-5(9(12)14)13-19(17,18)8-4-6(10(15)16)2-3-7(8)11/h2-5,13H,1H3,(H2,12,14)(H,15,16). The van der Waals surface area contributed by atoms with Gasteiger partial charge in [0.25, 0.3) is 0 Å². The first-order chi connectivity index (χ1) is 8.65. The van der Waals surface area contributed by atoms with Gasteiger partial charge in [0.05, 0.1) is 16.6 Å². The van der Waals surface area contributed by atoms with Gasteiger partial charge in [0, 0.05) is 0 Å². The highest BCUT2D eigenvalue weighted by molar-refractivity contribution is 7.89. The summed E-state index contributed by atoms with van der Waals surface area (Å²) < 4.78 is 25.9. The zero-order chi connectivity index (χ0) is 14.8. The predicted octanol–water partition coefficient (Wildman–Crippen LogP) is 0.190. The molecule has 1 rings (SSSR count). The van der Waals surface area contributed by atoms with Crippen LogP contribution in [-0.4, -0.2) is 31.4 Å². The van der Waals surface area contributed by atoms with Crippen LogP contribution in [0.3, 0.4) is 0 Å². The van der Waals surface area contributed by atoms with E-state index in [1.54, 1.807) is 0 Å². The van der Waals surface area contributed by atoms with Crippen molar-refractivity contribution >= 4 is 33.5 Å². The lowest BCUT2D eigenvalue weighted by Crippen LogP contribution is -2.42. The van der Waals surface area contributed by atoms with Crippen LogP contribution in [0.25, 0.3) is 0 Å². The molecule has 1 amide bonds. The zero-order valence-electron chi connectivity index (χ0n) is 9.75. The summed E-state index contributed by atoms with van der Waals surface area (Å²) in [6.07, 6.45) is 0. The summed E-state index contributed by atoms with van der Waals surface area (Å²) in [4.78, 5) is 21.2. The Kier molecular flexibility index (Phi) is 4.51. The Morgan fingerprint density at radius 2 is 2.00 bits per heavy atom. The summed E-state index contributed by atoms with van der Waals surface area (Å²) in [5.74, 6) is -2.16. The van der Waals surface area contributed by atoms with Crippen molar-refractivity contribution in [3.63, 3.8) is 0 Å². The smallest absolute Gasteiger partial charge is 0.335 e. The van der Waals surface area contributed by atoms with E-state index < -0.39 is 32.8 Å². The number of carbonyl (C=O) groups is 2. The fourth-order valence-corrected chi connectivity index (χ4v) is 2.93. The fourth-order valence-electron chi connectivity index (χ4n) is 1.20. The Labute approximate surface area is 114 Å². The van der Waals surface area contributed by atoms with Gasteiger partial charge in [-0.2, -0.15) is 4.72 Å². The van der Waals surface area contributed by atoms with Gasteiger partial charge < -0.3 is 10.8 Å². The molecule has 1 aromatic rings. The van der Waals surface area contributed by atoms with Crippen LogP contribution in [0.5, 0.6) is 0 Å². The first-order valence-corrected chi connectivity index (χ1v) is 6.85. The van der Waals surface area contributed by atoms with Crippen LogP contribution in [0.4, 0.5) is 0 Å². The number of carboxylic acid groups (broad SMARTS) is 1. The largest absolute Gasteiger partial charge is 0.478 e. The van der Waals surface area contributed by atoms with E-state index in [0.717, 1.165) is 12.1 Å². The minimum atomic E-state index is -4.14. The summed E-state index contributed by atoms with van der Waals surface area (Å²) in [6, 6.07) is 2.07. The van der Waals surface area contributed by atoms with Crippen LogP contribution in [0.2, 0.25) is 5.02 Å². The number of benzene rings is 1. The molecule has 1 aromatic carbocycles. The summed E-state index contributed by atoms with van der Waals surface area (Å²) >= 11 is 5.72. The third-order valence-electron chi connectivity index (χ3n) is 2.23. The Bertz CT molecular complexity index is 629. The lowest BCUT2D eigenvalue weighted by molar-refractivity contribution is -0.119. The molecule has 4 N–H and O–H groups in total. The molecule has 7 nitrogen and oxygen atoms in total. The Hall–Kier alpha value is -1.64. The topological polar surface area (TPSA) is 127 Å². The number of nitrogens with two attached hydrogens (primary N) is 1. The number of nitrogens with one attached hydrogen (secondary N) is 1. The Balaban J connectivity index is 3.24. The van der Waals surface area contributed by atoms with Crippen molar-refractivity contribution in [2.24, 2.45) is 5.73 Å². The van der Waals surface area contributed by atoms with Crippen LogP contribution >= 0.6 is 11.6 Å². The van der Waals surface area contributed by atoms with Gasteiger partial charge in [0.15, 0.2) is 0 Å². The maximum absolute atomic E-state index is 11.9. The number of halogens is 1. The molecule has 0 fully saturated rings. The molecular weight excluding hydrogens is 296 g/mol. The molecule has 0 heterocycles. The van der Waals surface area contributed by atoms with E-state index in [1.807, 2.05) is 4.72 Å².